The van der Waals surface area contributed by atoms with Gasteiger partial charge in [-0.3, -0.25) is 4.79 Å². The third-order valence-electron chi connectivity index (χ3n) is 2.81. The molecule has 0 heterocycles. The van der Waals surface area contributed by atoms with Crippen molar-refractivity contribution in [3.8, 4) is 0 Å². The number of carbonyl (C=O) groups excluding carboxylic acids is 1. The zero-order valence-electron chi connectivity index (χ0n) is 11.1. The van der Waals surface area contributed by atoms with Crippen molar-refractivity contribution in [1.29, 1.82) is 0 Å². The molecule has 0 unspecified atom stereocenters. The maximum absolute atomic E-state index is 13.7. The maximum Gasteiger partial charge on any atom is 0.255 e. The quantitative estimate of drug-likeness (QED) is 0.857. The molecule has 0 bridgehead atoms. The molecule has 0 aliphatic rings. The van der Waals surface area contributed by atoms with Crippen LogP contribution in [0, 0.1) is 18.6 Å². The summed E-state index contributed by atoms with van der Waals surface area (Å²) in [6.07, 6.45) is 0. The number of nitrogens with one attached hydrogen (secondary N) is 1. The monoisotopic (exact) mass is 306 g/mol. The molecule has 6 heteroatoms. The standard InChI is InChI=1S/C15H12F2N2OS/c1-8-5-9(7-10(16)6-8)15(20)19-12-4-2-3-11(17)13(12)14(18)21/h2-7H,1H3,(H2,18,21)(H,19,20). The van der Waals surface area contributed by atoms with Gasteiger partial charge in [0.2, 0.25) is 0 Å². The number of benzene rings is 2. The van der Waals surface area contributed by atoms with Crippen LogP contribution in [0.5, 0.6) is 0 Å². The van der Waals surface area contributed by atoms with Crippen LogP contribution in [0.3, 0.4) is 0 Å². The zero-order valence-corrected chi connectivity index (χ0v) is 11.9. The fraction of sp³-hybridized carbons (Fsp3) is 0.0667. The number of hydrogen-bond acceptors (Lipinski definition) is 2. The molecule has 21 heavy (non-hydrogen) atoms. The van der Waals surface area contributed by atoms with Gasteiger partial charge in [-0.15, -0.1) is 0 Å². The summed E-state index contributed by atoms with van der Waals surface area (Å²) >= 11 is 4.77. The summed E-state index contributed by atoms with van der Waals surface area (Å²) in [7, 11) is 0. The Labute approximate surface area is 125 Å². The van der Waals surface area contributed by atoms with E-state index in [4.69, 9.17) is 18.0 Å². The van der Waals surface area contributed by atoms with Gasteiger partial charge in [0, 0.05) is 5.56 Å². The summed E-state index contributed by atoms with van der Waals surface area (Å²) in [6, 6.07) is 8.02. The van der Waals surface area contributed by atoms with Crippen molar-refractivity contribution in [2.45, 2.75) is 6.92 Å². The smallest absolute Gasteiger partial charge is 0.255 e. The molecule has 0 fully saturated rings. The average Bonchev–Trinajstić information content (AvgIpc) is 2.37. The molecule has 3 nitrogen and oxygen atoms in total. The van der Waals surface area contributed by atoms with E-state index in [-0.39, 0.29) is 21.8 Å². The Balaban J connectivity index is 2.36. The SMILES string of the molecule is Cc1cc(F)cc(C(=O)Nc2cccc(F)c2C(N)=S)c1. The van der Waals surface area contributed by atoms with E-state index < -0.39 is 17.5 Å². The van der Waals surface area contributed by atoms with E-state index in [2.05, 4.69) is 5.32 Å². The van der Waals surface area contributed by atoms with Crippen LogP contribution in [0.2, 0.25) is 0 Å². The Bertz CT molecular complexity index is 711. The highest BCUT2D eigenvalue weighted by molar-refractivity contribution is 7.80. The van der Waals surface area contributed by atoms with E-state index in [1.807, 2.05) is 0 Å². The second kappa shape index (κ2) is 5.97. The number of nitrogens with two attached hydrogens (primary N) is 1. The number of thiocarbonyl (C=S) groups is 1. The molecule has 0 radical (unpaired) electrons. The van der Waals surface area contributed by atoms with Crippen molar-refractivity contribution in [3.05, 3.63) is 64.7 Å². The Morgan fingerprint density at radius 3 is 2.57 bits per heavy atom. The average molecular weight is 306 g/mol. The fourth-order valence-corrected chi connectivity index (χ4v) is 2.15. The first kappa shape index (κ1) is 15.1. The van der Waals surface area contributed by atoms with Crippen LogP contribution in [-0.4, -0.2) is 10.9 Å². The predicted molar refractivity (Wildman–Crippen MR) is 81.4 cm³/mol. The molecule has 0 saturated heterocycles. The molecule has 2 rings (SSSR count). The molecule has 2 aromatic rings. The molecule has 1 amide bonds. The van der Waals surface area contributed by atoms with Gasteiger partial charge in [-0.1, -0.05) is 18.3 Å². The van der Waals surface area contributed by atoms with Crippen molar-refractivity contribution in [2.24, 2.45) is 5.73 Å². The Kier molecular flexibility index (Phi) is 4.28. The van der Waals surface area contributed by atoms with Gasteiger partial charge in [0.1, 0.15) is 16.6 Å². The fourth-order valence-electron chi connectivity index (χ4n) is 1.94. The summed E-state index contributed by atoms with van der Waals surface area (Å²) < 4.78 is 27.0. The van der Waals surface area contributed by atoms with E-state index in [0.717, 1.165) is 6.07 Å². The minimum atomic E-state index is -0.629. The summed E-state index contributed by atoms with van der Waals surface area (Å²) in [6.45, 7) is 1.67. The van der Waals surface area contributed by atoms with Gasteiger partial charge in [0.15, 0.2) is 0 Å². The van der Waals surface area contributed by atoms with Crippen LogP contribution >= 0.6 is 12.2 Å². The number of carbonyl (C=O) groups is 1. The third kappa shape index (κ3) is 3.41. The highest BCUT2D eigenvalue weighted by Crippen LogP contribution is 2.20. The van der Waals surface area contributed by atoms with Crippen molar-refractivity contribution >= 4 is 28.8 Å². The van der Waals surface area contributed by atoms with Gasteiger partial charge in [-0.05, 0) is 42.8 Å². The topological polar surface area (TPSA) is 55.1 Å². The summed E-state index contributed by atoms with van der Waals surface area (Å²) in [4.78, 5) is 12.0. The molecule has 0 spiro atoms. The van der Waals surface area contributed by atoms with E-state index >= 15 is 0 Å². The lowest BCUT2D eigenvalue weighted by molar-refractivity contribution is 0.102. The zero-order chi connectivity index (χ0) is 15.6. The molecular weight excluding hydrogens is 294 g/mol. The molecule has 0 aliphatic carbocycles. The molecule has 0 aromatic heterocycles. The van der Waals surface area contributed by atoms with Gasteiger partial charge < -0.3 is 11.1 Å². The van der Waals surface area contributed by atoms with Gasteiger partial charge in [0.05, 0.1) is 11.3 Å². The van der Waals surface area contributed by atoms with E-state index in [9.17, 15) is 13.6 Å². The number of aryl methyl sites for hydroxylation is 1. The van der Waals surface area contributed by atoms with Gasteiger partial charge in [-0.2, -0.15) is 0 Å². The minimum absolute atomic E-state index is 0.0472. The van der Waals surface area contributed by atoms with E-state index in [1.54, 1.807) is 6.92 Å². The third-order valence-corrected chi connectivity index (χ3v) is 3.02. The molecular formula is C15H12F2N2OS. The maximum atomic E-state index is 13.7. The molecule has 3 N–H and O–H groups in total. The van der Waals surface area contributed by atoms with Crippen LogP contribution in [0.4, 0.5) is 14.5 Å². The van der Waals surface area contributed by atoms with Crippen LogP contribution in [0.25, 0.3) is 0 Å². The van der Waals surface area contributed by atoms with Crippen LogP contribution in [-0.2, 0) is 0 Å². The van der Waals surface area contributed by atoms with E-state index in [0.29, 0.717) is 5.56 Å². The van der Waals surface area contributed by atoms with Crippen LogP contribution in [0.15, 0.2) is 36.4 Å². The number of halogens is 2. The lowest BCUT2D eigenvalue weighted by Crippen LogP contribution is -2.19. The first-order chi connectivity index (χ1) is 9.88. The number of anilines is 1. The number of hydrogen-bond donors (Lipinski definition) is 2. The number of amides is 1. The molecule has 0 saturated carbocycles. The van der Waals surface area contributed by atoms with Crippen molar-refractivity contribution < 1.29 is 13.6 Å². The van der Waals surface area contributed by atoms with Crippen molar-refractivity contribution in [2.75, 3.05) is 5.32 Å². The van der Waals surface area contributed by atoms with Gasteiger partial charge >= 0.3 is 0 Å². The second-order valence-electron chi connectivity index (χ2n) is 4.50. The lowest BCUT2D eigenvalue weighted by atomic mass is 10.1. The molecule has 0 aliphatic heterocycles. The van der Waals surface area contributed by atoms with Crippen molar-refractivity contribution in [1.82, 2.24) is 0 Å². The largest absolute Gasteiger partial charge is 0.389 e. The predicted octanol–water partition coefficient (Wildman–Crippen LogP) is 3.16. The Morgan fingerprint density at radius 2 is 1.95 bits per heavy atom. The number of rotatable bonds is 3. The minimum Gasteiger partial charge on any atom is -0.389 e. The first-order valence-corrected chi connectivity index (χ1v) is 6.46. The summed E-state index contributed by atoms with van der Waals surface area (Å²) in [5, 5.41) is 2.49. The van der Waals surface area contributed by atoms with Crippen LogP contribution in [0.1, 0.15) is 21.5 Å². The normalized spacial score (nSPS) is 10.2. The van der Waals surface area contributed by atoms with Crippen LogP contribution < -0.4 is 11.1 Å². The second-order valence-corrected chi connectivity index (χ2v) is 4.94. The summed E-state index contributed by atoms with van der Waals surface area (Å²) in [5.41, 5.74) is 6.29. The van der Waals surface area contributed by atoms with Crippen molar-refractivity contribution in [3.63, 3.8) is 0 Å². The lowest BCUT2D eigenvalue weighted by Gasteiger charge is -2.11. The Morgan fingerprint density at radius 1 is 1.24 bits per heavy atom. The Hall–Kier alpha value is -2.34. The molecule has 108 valence electrons. The molecule has 2 aromatic carbocycles. The van der Waals surface area contributed by atoms with Gasteiger partial charge in [0.25, 0.3) is 5.91 Å². The van der Waals surface area contributed by atoms with E-state index in [1.165, 1.54) is 30.3 Å². The highest BCUT2D eigenvalue weighted by atomic mass is 32.1. The molecule has 0 atom stereocenters. The van der Waals surface area contributed by atoms with Gasteiger partial charge in [-0.25, -0.2) is 8.78 Å². The first-order valence-electron chi connectivity index (χ1n) is 6.05. The summed E-state index contributed by atoms with van der Waals surface area (Å²) in [5.74, 6) is -1.72. The highest BCUT2D eigenvalue weighted by Gasteiger charge is 2.15.